The summed E-state index contributed by atoms with van der Waals surface area (Å²) in [6, 6.07) is 8.92. The van der Waals surface area contributed by atoms with E-state index in [1.54, 1.807) is 35.6 Å². The minimum absolute atomic E-state index is 0.0338. The monoisotopic (exact) mass is 435 g/mol. The molecule has 166 valence electrons. The molecule has 4 rings (SSSR count). The normalized spacial score (nSPS) is 18.3. The summed E-state index contributed by atoms with van der Waals surface area (Å²) in [5, 5.41) is 8.33. The van der Waals surface area contributed by atoms with Gasteiger partial charge in [0.05, 0.1) is 37.3 Å². The summed E-state index contributed by atoms with van der Waals surface area (Å²) in [5.74, 6) is 0.331. The van der Waals surface area contributed by atoms with E-state index in [-0.39, 0.29) is 29.7 Å². The predicted molar refractivity (Wildman–Crippen MR) is 116 cm³/mol. The first-order chi connectivity index (χ1) is 15.5. The summed E-state index contributed by atoms with van der Waals surface area (Å²) in [6.45, 7) is 3.84. The van der Waals surface area contributed by atoms with Gasteiger partial charge in [-0.3, -0.25) is 9.59 Å². The Labute approximate surface area is 186 Å². The van der Waals surface area contributed by atoms with Crippen LogP contribution in [0.4, 0.5) is 0 Å². The van der Waals surface area contributed by atoms with Crippen LogP contribution in [0.1, 0.15) is 47.4 Å². The maximum absolute atomic E-state index is 13.5. The van der Waals surface area contributed by atoms with Crippen molar-refractivity contribution < 1.29 is 19.1 Å². The molecule has 0 radical (unpaired) electrons. The van der Waals surface area contributed by atoms with E-state index in [0.717, 1.165) is 12.8 Å². The molecule has 0 N–H and O–H groups in total. The van der Waals surface area contributed by atoms with Crippen LogP contribution in [0.5, 0.6) is 11.6 Å². The third-order valence-corrected chi connectivity index (χ3v) is 5.60. The number of ether oxygens (including phenoxy) is 2. The summed E-state index contributed by atoms with van der Waals surface area (Å²) in [7, 11) is 1.50. The predicted octanol–water partition coefficient (Wildman–Crippen LogP) is 2.95. The van der Waals surface area contributed by atoms with E-state index in [4.69, 9.17) is 9.47 Å². The van der Waals surface area contributed by atoms with Crippen molar-refractivity contribution in [1.29, 1.82) is 0 Å². The van der Waals surface area contributed by atoms with Gasteiger partial charge in [-0.05, 0) is 44.9 Å². The van der Waals surface area contributed by atoms with Crippen LogP contribution >= 0.6 is 0 Å². The standard InChI is InChI=1S/C23H25N5O4/c1-15-8-9-17(32-22-21(16(2)29)20(31-3)10-11-24-22)14-27(15)23(30)18-6-4-5-7-19(18)28-25-12-13-26-28/h4-7,10-13,15,17H,8-9,14H2,1-3H3/t15-,17-/m1/s1. The Kier molecular flexibility index (Phi) is 6.16. The Balaban J connectivity index is 1.58. The zero-order chi connectivity index (χ0) is 22.7. The largest absolute Gasteiger partial charge is 0.496 e. The number of nitrogens with zero attached hydrogens (tertiary/aromatic N) is 5. The second-order valence-electron chi connectivity index (χ2n) is 7.71. The molecule has 1 aromatic carbocycles. The van der Waals surface area contributed by atoms with E-state index in [2.05, 4.69) is 15.2 Å². The van der Waals surface area contributed by atoms with E-state index in [1.807, 2.05) is 25.1 Å². The third kappa shape index (κ3) is 4.18. The van der Waals surface area contributed by atoms with Crippen LogP contribution in [0.25, 0.3) is 5.69 Å². The van der Waals surface area contributed by atoms with Gasteiger partial charge in [0.15, 0.2) is 5.78 Å². The molecule has 1 amide bonds. The molecule has 0 aliphatic carbocycles. The zero-order valence-corrected chi connectivity index (χ0v) is 18.3. The number of ketones is 1. The van der Waals surface area contributed by atoms with Gasteiger partial charge < -0.3 is 14.4 Å². The summed E-state index contributed by atoms with van der Waals surface area (Å²) in [5.41, 5.74) is 1.44. The number of hydrogen-bond acceptors (Lipinski definition) is 7. The first kappa shape index (κ1) is 21.5. The summed E-state index contributed by atoms with van der Waals surface area (Å²) in [4.78, 5) is 33.2. The highest BCUT2D eigenvalue weighted by molar-refractivity contribution is 5.99. The maximum Gasteiger partial charge on any atom is 0.256 e. The second-order valence-corrected chi connectivity index (χ2v) is 7.71. The first-order valence-corrected chi connectivity index (χ1v) is 10.5. The molecule has 0 saturated carbocycles. The highest BCUT2D eigenvalue weighted by Gasteiger charge is 2.33. The second kappa shape index (κ2) is 9.17. The fourth-order valence-electron chi connectivity index (χ4n) is 3.94. The molecule has 9 heteroatoms. The van der Waals surface area contributed by atoms with Crippen molar-refractivity contribution in [3.63, 3.8) is 0 Å². The lowest BCUT2D eigenvalue weighted by Crippen LogP contribution is -2.49. The maximum atomic E-state index is 13.5. The molecule has 32 heavy (non-hydrogen) atoms. The molecule has 3 aromatic rings. The molecule has 1 aliphatic heterocycles. The molecule has 1 saturated heterocycles. The van der Waals surface area contributed by atoms with Gasteiger partial charge in [0.1, 0.15) is 17.4 Å². The van der Waals surface area contributed by atoms with Crippen molar-refractivity contribution in [3.05, 3.63) is 60.0 Å². The van der Waals surface area contributed by atoms with Crippen molar-refractivity contribution in [2.24, 2.45) is 0 Å². The SMILES string of the molecule is COc1ccnc(O[C@@H]2CC[C@@H](C)N(C(=O)c3ccccc3-n3nccn3)C2)c1C(C)=O. The number of methoxy groups -OCH3 is 1. The lowest BCUT2D eigenvalue weighted by molar-refractivity contribution is 0.0368. The Morgan fingerprint density at radius 2 is 1.81 bits per heavy atom. The van der Waals surface area contributed by atoms with Gasteiger partial charge in [-0.1, -0.05) is 12.1 Å². The minimum Gasteiger partial charge on any atom is -0.496 e. The molecule has 9 nitrogen and oxygen atoms in total. The van der Waals surface area contributed by atoms with Crippen molar-refractivity contribution in [1.82, 2.24) is 24.9 Å². The molecular formula is C23H25N5O4. The van der Waals surface area contributed by atoms with Crippen LogP contribution in [-0.4, -0.2) is 62.4 Å². The molecule has 2 atom stereocenters. The van der Waals surface area contributed by atoms with Gasteiger partial charge in [-0.25, -0.2) is 4.98 Å². The van der Waals surface area contributed by atoms with Gasteiger partial charge in [-0.2, -0.15) is 15.0 Å². The van der Waals surface area contributed by atoms with Crippen LogP contribution in [-0.2, 0) is 0 Å². The van der Waals surface area contributed by atoms with E-state index in [0.29, 0.717) is 29.1 Å². The Morgan fingerprint density at radius 3 is 2.53 bits per heavy atom. The Bertz CT molecular complexity index is 1120. The summed E-state index contributed by atoms with van der Waals surface area (Å²) < 4.78 is 11.4. The Hall–Kier alpha value is -3.75. The highest BCUT2D eigenvalue weighted by Crippen LogP contribution is 2.30. The molecule has 0 bridgehead atoms. The van der Waals surface area contributed by atoms with Gasteiger partial charge in [-0.15, -0.1) is 0 Å². The number of carbonyl (C=O) groups excluding carboxylic acids is 2. The molecule has 2 aromatic heterocycles. The van der Waals surface area contributed by atoms with E-state index >= 15 is 0 Å². The number of aromatic nitrogens is 4. The quantitative estimate of drug-likeness (QED) is 0.549. The third-order valence-electron chi connectivity index (χ3n) is 5.60. The number of pyridine rings is 1. The number of likely N-dealkylation sites (tertiary alicyclic amines) is 1. The number of benzene rings is 1. The smallest absolute Gasteiger partial charge is 0.256 e. The van der Waals surface area contributed by atoms with Crippen LogP contribution in [0, 0.1) is 0 Å². The topological polar surface area (TPSA) is 99.4 Å². The summed E-state index contributed by atoms with van der Waals surface area (Å²) >= 11 is 0. The van der Waals surface area contributed by atoms with Crippen LogP contribution in [0.3, 0.4) is 0 Å². The first-order valence-electron chi connectivity index (χ1n) is 10.5. The van der Waals surface area contributed by atoms with Gasteiger partial charge in [0.25, 0.3) is 5.91 Å². The van der Waals surface area contributed by atoms with E-state index < -0.39 is 0 Å². The van der Waals surface area contributed by atoms with Crippen molar-refractivity contribution in [2.45, 2.75) is 38.8 Å². The number of rotatable bonds is 6. The number of Topliss-reactive ketones (excluding diaryl/α,β-unsaturated/α-hetero) is 1. The highest BCUT2D eigenvalue weighted by atomic mass is 16.5. The van der Waals surface area contributed by atoms with Crippen molar-refractivity contribution in [3.8, 4) is 17.3 Å². The van der Waals surface area contributed by atoms with Gasteiger partial charge in [0.2, 0.25) is 5.88 Å². The molecule has 1 fully saturated rings. The Morgan fingerprint density at radius 1 is 1.06 bits per heavy atom. The van der Waals surface area contributed by atoms with Crippen LogP contribution < -0.4 is 9.47 Å². The fraction of sp³-hybridized carbons (Fsp3) is 0.348. The average Bonchev–Trinajstić information content (AvgIpc) is 3.34. The lowest BCUT2D eigenvalue weighted by atomic mass is 9.99. The van der Waals surface area contributed by atoms with Crippen molar-refractivity contribution >= 4 is 11.7 Å². The number of carbonyl (C=O) groups is 2. The molecule has 1 aliphatic rings. The van der Waals surface area contributed by atoms with Crippen LogP contribution in [0.15, 0.2) is 48.9 Å². The molecule has 3 heterocycles. The number of piperidine rings is 1. The minimum atomic E-state index is -0.303. The lowest BCUT2D eigenvalue weighted by Gasteiger charge is -2.38. The van der Waals surface area contributed by atoms with Gasteiger partial charge in [0, 0.05) is 12.2 Å². The number of amides is 1. The van der Waals surface area contributed by atoms with E-state index in [9.17, 15) is 9.59 Å². The zero-order valence-electron chi connectivity index (χ0n) is 18.3. The van der Waals surface area contributed by atoms with Crippen LogP contribution in [0.2, 0.25) is 0 Å². The molecular weight excluding hydrogens is 410 g/mol. The molecule has 0 spiro atoms. The molecule has 0 unspecified atom stereocenters. The number of hydrogen-bond donors (Lipinski definition) is 0. The number of para-hydroxylation sites is 1. The van der Waals surface area contributed by atoms with Crippen molar-refractivity contribution in [2.75, 3.05) is 13.7 Å². The summed E-state index contributed by atoms with van der Waals surface area (Å²) in [6.07, 6.45) is 5.89. The fourth-order valence-corrected chi connectivity index (χ4v) is 3.94. The average molecular weight is 435 g/mol. The van der Waals surface area contributed by atoms with Gasteiger partial charge >= 0.3 is 0 Å². The van der Waals surface area contributed by atoms with E-state index in [1.165, 1.54) is 18.8 Å².